The fourth-order valence-electron chi connectivity index (χ4n) is 2.37. The van der Waals surface area contributed by atoms with E-state index in [0.29, 0.717) is 10.2 Å². The molecule has 0 amide bonds. The van der Waals surface area contributed by atoms with Crippen LogP contribution in [0.3, 0.4) is 0 Å². The van der Waals surface area contributed by atoms with E-state index in [-0.39, 0.29) is 6.04 Å². The van der Waals surface area contributed by atoms with E-state index in [1.807, 2.05) is 6.92 Å². The first-order valence-electron chi connectivity index (χ1n) is 6.27. The lowest BCUT2D eigenvalue weighted by molar-refractivity contribution is -0.137. The predicted octanol–water partition coefficient (Wildman–Crippen LogP) is 3.66. The molecular formula is C13H16BrF3N2. The third kappa shape index (κ3) is 3.42. The van der Waals surface area contributed by atoms with Crippen molar-refractivity contribution < 1.29 is 13.2 Å². The largest absolute Gasteiger partial charge is 0.416 e. The summed E-state index contributed by atoms with van der Waals surface area (Å²) in [4.78, 5) is 2.05. The van der Waals surface area contributed by atoms with E-state index in [2.05, 4.69) is 26.1 Å². The molecule has 1 N–H and O–H groups in total. The van der Waals surface area contributed by atoms with Gasteiger partial charge in [0.15, 0.2) is 0 Å². The highest BCUT2D eigenvalue weighted by Gasteiger charge is 2.32. The first-order chi connectivity index (χ1) is 8.91. The summed E-state index contributed by atoms with van der Waals surface area (Å²) in [6, 6.07) is 4.35. The van der Waals surface area contributed by atoms with Crippen LogP contribution in [0.25, 0.3) is 0 Å². The van der Waals surface area contributed by atoms with Crippen LogP contribution in [0, 0.1) is 0 Å². The second-order valence-corrected chi connectivity index (χ2v) is 5.57. The lowest BCUT2D eigenvalue weighted by atomic mass is 10.1. The molecule has 6 heteroatoms. The summed E-state index contributed by atoms with van der Waals surface area (Å²) >= 11 is 3.17. The molecule has 0 aliphatic carbocycles. The van der Waals surface area contributed by atoms with Crippen molar-refractivity contribution in [3.63, 3.8) is 0 Å². The molecule has 1 fully saturated rings. The summed E-state index contributed by atoms with van der Waals surface area (Å²) in [5.41, 5.74) is 0.0281. The van der Waals surface area contributed by atoms with Gasteiger partial charge in [-0.3, -0.25) is 0 Å². The SMILES string of the molecule is CCC1CNCCN1c1cc(Br)cc(C(F)(F)F)c1. The molecule has 1 aromatic carbocycles. The van der Waals surface area contributed by atoms with Gasteiger partial charge in [-0.1, -0.05) is 22.9 Å². The quantitative estimate of drug-likeness (QED) is 0.886. The molecule has 0 bridgehead atoms. The van der Waals surface area contributed by atoms with Crippen molar-refractivity contribution in [1.82, 2.24) is 5.32 Å². The second kappa shape index (κ2) is 5.71. The van der Waals surface area contributed by atoms with E-state index in [0.717, 1.165) is 32.1 Å². The molecular weight excluding hydrogens is 321 g/mol. The van der Waals surface area contributed by atoms with Crippen molar-refractivity contribution >= 4 is 21.6 Å². The maximum atomic E-state index is 12.8. The predicted molar refractivity (Wildman–Crippen MR) is 73.4 cm³/mol. The third-order valence-corrected chi connectivity index (χ3v) is 3.82. The first kappa shape index (κ1) is 14.7. The number of piperazine rings is 1. The zero-order valence-corrected chi connectivity index (χ0v) is 12.2. The summed E-state index contributed by atoms with van der Waals surface area (Å²) in [5, 5.41) is 3.27. The van der Waals surface area contributed by atoms with E-state index in [1.54, 1.807) is 6.07 Å². The van der Waals surface area contributed by atoms with Gasteiger partial charge in [0.1, 0.15) is 0 Å². The Hall–Kier alpha value is -0.750. The number of nitrogens with zero attached hydrogens (tertiary/aromatic N) is 1. The Balaban J connectivity index is 2.35. The minimum Gasteiger partial charge on any atom is -0.366 e. The Bertz CT molecular complexity index is 448. The number of benzene rings is 1. The normalized spacial score (nSPS) is 20.7. The first-order valence-corrected chi connectivity index (χ1v) is 7.06. The minimum atomic E-state index is -4.31. The monoisotopic (exact) mass is 336 g/mol. The van der Waals surface area contributed by atoms with E-state index >= 15 is 0 Å². The molecule has 1 unspecified atom stereocenters. The molecule has 2 rings (SSSR count). The van der Waals surface area contributed by atoms with Crippen LogP contribution in [0.4, 0.5) is 18.9 Å². The fourth-order valence-corrected chi connectivity index (χ4v) is 2.85. The maximum absolute atomic E-state index is 12.8. The highest BCUT2D eigenvalue weighted by atomic mass is 79.9. The average Bonchev–Trinajstić information content (AvgIpc) is 2.37. The smallest absolute Gasteiger partial charge is 0.366 e. The fraction of sp³-hybridized carbons (Fsp3) is 0.538. The van der Waals surface area contributed by atoms with Crippen LogP contribution in [0.15, 0.2) is 22.7 Å². The Morgan fingerprint density at radius 1 is 1.37 bits per heavy atom. The molecule has 1 aliphatic rings. The molecule has 0 saturated carbocycles. The Morgan fingerprint density at radius 3 is 2.74 bits per heavy atom. The van der Waals surface area contributed by atoms with E-state index < -0.39 is 11.7 Å². The summed E-state index contributed by atoms with van der Waals surface area (Å²) in [7, 11) is 0. The molecule has 106 valence electrons. The molecule has 0 spiro atoms. The Morgan fingerprint density at radius 2 is 2.11 bits per heavy atom. The van der Waals surface area contributed by atoms with E-state index in [9.17, 15) is 13.2 Å². The topological polar surface area (TPSA) is 15.3 Å². The third-order valence-electron chi connectivity index (χ3n) is 3.36. The zero-order valence-electron chi connectivity index (χ0n) is 10.6. The second-order valence-electron chi connectivity index (χ2n) is 4.66. The molecule has 1 atom stereocenters. The molecule has 0 aromatic heterocycles. The van der Waals surface area contributed by atoms with Crippen molar-refractivity contribution in [3.8, 4) is 0 Å². The lowest BCUT2D eigenvalue weighted by Gasteiger charge is -2.38. The molecule has 1 heterocycles. The van der Waals surface area contributed by atoms with Gasteiger partial charge in [-0.2, -0.15) is 13.2 Å². The summed E-state index contributed by atoms with van der Waals surface area (Å²) < 4.78 is 39.0. The van der Waals surface area contributed by atoms with Crippen LogP contribution < -0.4 is 10.2 Å². The summed E-state index contributed by atoms with van der Waals surface area (Å²) in [6.07, 6.45) is -3.41. The van der Waals surface area contributed by atoms with Crippen molar-refractivity contribution in [1.29, 1.82) is 0 Å². The summed E-state index contributed by atoms with van der Waals surface area (Å²) in [5.74, 6) is 0. The number of nitrogens with one attached hydrogen (secondary N) is 1. The highest BCUT2D eigenvalue weighted by molar-refractivity contribution is 9.10. The highest BCUT2D eigenvalue weighted by Crippen LogP contribution is 2.35. The Labute approximate surface area is 119 Å². The van der Waals surface area contributed by atoms with Gasteiger partial charge >= 0.3 is 6.18 Å². The molecule has 1 aromatic rings. The number of hydrogen-bond acceptors (Lipinski definition) is 2. The van der Waals surface area contributed by atoms with E-state index in [4.69, 9.17) is 0 Å². The maximum Gasteiger partial charge on any atom is 0.416 e. The molecule has 1 saturated heterocycles. The molecule has 0 radical (unpaired) electrons. The molecule has 19 heavy (non-hydrogen) atoms. The zero-order chi connectivity index (χ0) is 14.0. The van der Waals surface area contributed by atoms with E-state index in [1.165, 1.54) is 6.07 Å². The number of hydrogen-bond donors (Lipinski definition) is 1. The average molecular weight is 337 g/mol. The summed E-state index contributed by atoms with van der Waals surface area (Å²) in [6.45, 7) is 4.38. The van der Waals surface area contributed by atoms with Crippen LogP contribution in [-0.2, 0) is 6.18 Å². The van der Waals surface area contributed by atoms with Gasteiger partial charge in [0, 0.05) is 35.8 Å². The lowest BCUT2D eigenvalue weighted by Crippen LogP contribution is -2.51. The van der Waals surface area contributed by atoms with Crippen LogP contribution >= 0.6 is 15.9 Å². The van der Waals surface area contributed by atoms with Crippen LogP contribution in [0.2, 0.25) is 0 Å². The van der Waals surface area contributed by atoms with Gasteiger partial charge in [0.25, 0.3) is 0 Å². The van der Waals surface area contributed by atoms with Gasteiger partial charge < -0.3 is 10.2 Å². The van der Waals surface area contributed by atoms with Crippen molar-refractivity contribution in [2.24, 2.45) is 0 Å². The minimum absolute atomic E-state index is 0.240. The number of alkyl halides is 3. The number of rotatable bonds is 2. The molecule has 2 nitrogen and oxygen atoms in total. The van der Waals surface area contributed by atoms with Gasteiger partial charge in [-0.25, -0.2) is 0 Å². The Kier molecular flexibility index (Phi) is 4.40. The van der Waals surface area contributed by atoms with Gasteiger partial charge in [-0.05, 0) is 24.6 Å². The number of halogens is 4. The van der Waals surface area contributed by atoms with Gasteiger partial charge in [0.2, 0.25) is 0 Å². The van der Waals surface area contributed by atoms with Crippen LogP contribution in [0.1, 0.15) is 18.9 Å². The molecule has 1 aliphatic heterocycles. The van der Waals surface area contributed by atoms with Gasteiger partial charge in [0.05, 0.1) is 5.56 Å². The van der Waals surface area contributed by atoms with Gasteiger partial charge in [-0.15, -0.1) is 0 Å². The van der Waals surface area contributed by atoms with Crippen molar-refractivity contribution in [2.75, 3.05) is 24.5 Å². The van der Waals surface area contributed by atoms with Crippen LogP contribution in [0.5, 0.6) is 0 Å². The standard InChI is InChI=1S/C13H16BrF3N2/c1-2-11-8-18-3-4-19(11)12-6-9(13(15,16)17)5-10(14)7-12/h5-7,11,18H,2-4,8H2,1H3. The van der Waals surface area contributed by atoms with Crippen LogP contribution in [-0.4, -0.2) is 25.7 Å². The number of anilines is 1. The van der Waals surface area contributed by atoms with Crippen molar-refractivity contribution in [3.05, 3.63) is 28.2 Å². The van der Waals surface area contributed by atoms with Crippen molar-refractivity contribution in [2.45, 2.75) is 25.6 Å².